The zero-order valence-electron chi connectivity index (χ0n) is 23.7. The highest BCUT2D eigenvalue weighted by Gasteiger charge is 2.49. The summed E-state index contributed by atoms with van der Waals surface area (Å²) in [5.74, 6) is -0.619. The number of amides is 1. The lowest BCUT2D eigenvalue weighted by molar-refractivity contribution is 0.0468. The fourth-order valence-electron chi connectivity index (χ4n) is 6.69. The van der Waals surface area contributed by atoms with Gasteiger partial charge in [-0.05, 0) is 89.3 Å². The van der Waals surface area contributed by atoms with Crippen LogP contribution in [-0.4, -0.2) is 48.3 Å². The molecule has 5 rings (SSSR count). The van der Waals surface area contributed by atoms with Gasteiger partial charge in [0.1, 0.15) is 11.2 Å². The van der Waals surface area contributed by atoms with E-state index in [1.807, 2.05) is 27.7 Å². The third kappa shape index (κ3) is 5.24. The van der Waals surface area contributed by atoms with Crippen LogP contribution >= 0.6 is 0 Å². The molecule has 3 fully saturated rings. The summed E-state index contributed by atoms with van der Waals surface area (Å²) in [7, 11) is 0. The lowest BCUT2D eigenvalue weighted by Crippen LogP contribution is -2.45. The molecule has 0 bridgehead atoms. The minimum Gasteiger partial charge on any atom is -0.462 e. The molecule has 1 aliphatic heterocycles. The number of aromatic nitrogens is 1. The van der Waals surface area contributed by atoms with Gasteiger partial charge in [-0.15, -0.1) is 0 Å². The normalized spacial score (nSPS) is 23.0. The van der Waals surface area contributed by atoms with E-state index in [-0.39, 0.29) is 23.5 Å². The first-order valence-electron chi connectivity index (χ1n) is 14.2. The smallest absolute Gasteiger partial charge is 0.407 e. The van der Waals surface area contributed by atoms with E-state index in [0.29, 0.717) is 42.3 Å². The summed E-state index contributed by atoms with van der Waals surface area (Å²) in [6.45, 7) is 11.0. The number of halogens is 1. The van der Waals surface area contributed by atoms with E-state index < -0.39 is 29.0 Å². The molecule has 1 saturated heterocycles. The molecule has 2 atom stereocenters. The second-order valence-electron chi connectivity index (χ2n) is 12.5. The number of anilines is 1. The molecule has 2 aromatic rings. The lowest BCUT2D eigenvalue weighted by Gasteiger charge is -2.38. The Bertz CT molecular complexity index is 1360. The van der Waals surface area contributed by atoms with Gasteiger partial charge in [0.25, 0.3) is 5.56 Å². The van der Waals surface area contributed by atoms with Gasteiger partial charge in [0.05, 0.1) is 24.0 Å². The van der Waals surface area contributed by atoms with E-state index in [0.717, 1.165) is 44.1 Å². The molecule has 0 radical (unpaired) electrons. The molecule has 2 aliphatic carbocycles. The number of fused-ring (bicyclic) bond motifs is 2. The Morgan fingerprint density at radius 2 is 1.95 bits per heavy atom. The van der Waals surface area contributed by atoms with Gasteiger partial charge < -0.3 is 19.7 Å². The van der Waals surface area contributed by atoms with Gasteiger partial charge in [-0.25, -0.2) is 14.0 Å². The number of rotatable bonds is 6. The molecule has 0 aromatic carbocycles. The number of hydrogen-bond donors (Lipinski definition) is 1. The van der Waals surface area contributed by atoms with Crippen molar-refractivity contribution in [3.63, 3.8) is 0 Å². The SMILES string of the molecule is CCOC(=O)c1cc(C2CC2)c2c(C)c(N3C[C@@H]4CCCC[C@]4(CNC(=O)OC(C)(C)C)C3)c(F)cn2c1=O. The molecule has 39 heavy (non-hydrogen) atoms. The van der Waals surface area contributed by atoms with Crippen molar-refractivity contribution in [2.45, 2.75) is 84.7 Å². The summed E-state index contributed by atoms with van der Waals surface area (Å²) in [5.41, 5.74) is 1.43. The van der Waals surface area contributed by atoms with E-state index in [4.69, 9.17) is 9.47 Å². The van der Waals surface area contributed by atoms with Crippen LogP contribution in [0.25, 0.3) is 5.52 Å². The van der Waals surface area contributed by atoms with Crippen LogP contribution < -0.4 is 15.8 Å². The molecule has 3 heterocycles. The minimum absolute atomic E-state index is 0.0536. The standard InChI is InChI=1S/C30H40FN3O5/c1-6-38-27(36)22-13-21(19-10-11-19)24-18(2)25(23(31)15-34(24)26(22)35)33-14-20-9-7-8-12-30(20,17-33)16-32-28(37)39-29(3,4)5/h13,15,19-20H,6-12,14,16-17H2,1-5H3,(H,32,37)/t20-,30-/m0/s1. The maximum atomic E-state index is 15.9. The molecule has 2 saturated carbocycles. The van der Waals surface area contributed by atoms with Gasteiger partial charge in [0, 0.05) is 25.0 Å². The van der Waals surface area contributed by atoms with Crippen LogP contribution in [0.2, 0.25) is 0 Å². The average molecular weight is 542 g/mol. The van der Waals surface area contributed by atoms with Crippen molar-refractivity contribution < 1.29 is 23.5 Å². The molecule has 212 valence electrons. The summed E-state index contributed by atoms with van der Waals surface area (Å²) in [6, 6.07) is 1.66. The number of esters is 1. The van der Waals surface area contributed by atoms with Crippen molar-refractivity contribution in [2.24, 2.45) is 11.3 Å². The number of carbonyl (C=O) groups is 2. The largest absolute Gasteiger partial charge is 0.462 e. The first-order chi connectivity index (χ1) is 18.4. The Morgan fingerprint density at radius 1 is 1.21 bits per heavy atom. The van der Waals surface area contributed by atoms with Crippen LogP contribution in [0.3, 0.4) is 0 Å². The van der Waals surface area contributed by atoms with Crippen molar-refractivity contribution in [1.82, 2.24) is 9.72 Å². The predicted octanol–water partition coefficient (Wildman–Crippen LogP) is 5.32. The number of hydrogen-bond acceptors (Lipinski definition) is 6. The van der Waals surface area contributed by atoms with Crippen molar-refractivity contribution >= 4 is 23.3 Å². The Balaban J connectivity index is 1.52. The molecular weight excluding hydrogens is 501 g/mol. The molecular formula is C30H40FN3O5. The number of aryl methyl sites for hydroxylation is 1. The molecule has 2 aromatic heterocycles. The molecule has 8 nitrogen and oxygen atoms in total. The van der Waals surface area contributed by atoms with Gasteiger partial charge in [-0.2, -0.15) is 0 Å². The van der Waals surface area contributed by atoms with E-state index in [9.17, 15) is 14.4 Å². The summed E-state index contributed by atoms with van der Waals surface area (Å²) >= 11 is 0. The Labute approximate surface area is 228 Å². The van der Waals surface area contributed by atoms with Gasteiger partial charge in [-0.3, -0.25) is 9.20 Å². The second-order valence-corrected chi connectivity index (χ2v) is 12.5. The van der Waals surface area contributed by atoms with E-state index in [1.165, 1.54) is 10.6 Å². The van der Waals surface area contributed by atoms with Gasteiger partial charge in [0.2, 0.25) is 0 Å². The number of pyridine rings is 2. The Hall–Kier alpha value is -3.10. The van der Waals surface area contributed by atoms with Crippen LogP contribution in [0.5, 0.6) is 0 Å². The predicted molar refractivity (Wildman–Crippen MR) is 147 cm³/mol. The average Bonchev–Trinajstić information content (AvgIpc) is 3.63. The van der Waals surface area contributed by atoms with Crippen LogP contribution in [0.15, 0.2) is 17.1 Å². The fraction of sp³-hybridized carbons (Fsp3) is 0.633. The molecule has 3 aliphatic rings. The summed E-state index contributed by atoms with van der Waals surface area (Å²) in [6.07, 6.45) is 6.90. The highest BCUT2D eigenvalue weighted by molar-refractivity contribution is 5.90. The Kier molecular flexibility index (Phi) is 7.14. The van der Waals surface area contributed by atoms with Gasteiger partial charge >= 0.3 is 12.1 Å². The van der Waals surface area contributed by atoms with Gasteiger partial charge in [-0.1, -0.05) is 12.8 Å². The van der Waals surface area contributed by atoms with Crippen molar-refractivity contribution in [3.8, 4) is 0 Å². The quantitative estimate of drug-likeness (QED) is 0.498. The third-order valence-electron chi connectivity index (χ3n) is 8.54. The van der Waals surface area contributed by atoms with Crippen LogP contribution in [0.1, 0.15) is 93.6 Å². The number of alkyl carbamates (subject to hydrolysis) is 1. The lowest BCUT2D eigenvalue weighted by atomic mass is 9.68. The summed E-state index contributed by atoms with van der Waals surface area (Å²) < 4.78 is 27.8. The summed E-state index contributed by atoms with van der Waals surface area (Å²) in [5, 5.41) is 3.00. The molecule has 9 heteroatoms. The number of nitrogens with one attached hydrogen (secondary N) is 1. The minimum atomic E-state index is -0.677. The fourth-order valence-corrected chi connectivity index (χ4v) is 6.69. The van der Waals surface area contributed by atoms with E-state index >= 15 is 4.39 Å². The maximum Gasteiger partial charge on any atom is 0.407 e. The van der Waals surface area contributed by atoms with Crippen LogP contribution in [-0.2, 0) is 9.47 Å². The van der Waals surface area contributed by atoms with Crippen molar-refractivity contribution in [3.05, 3.63) is 45.1 Å². The highest BCUT2D eigenvalue weighted by atomic mass is 19.1. The maximum absolute atomic E-state index is 15.9. The molecule has 0 spiro atoms. The van der Waals surface area contributed by atoms with Crippen molar-refractivity contribution in [2.75, 3.05) is 31.1 Å². The summed E-state index contributed by atoms with van der Waals surface area (Å²) in [4.78, 5) is 40.4. The molecule has 0 unspecified atom stereocenters. The highest BCUT2D eigenvalue weighted by Crippen LogP contribution is 2.49. The first-order valence-corrected chi connectivity index (χ1v) is 14.2. The molecule has 1 amide bonds. The van der Waals surface area contributed by atoms with Crippen molar-refractivity contribution in [1.29, 1.82) is 0 Å². The van der Waals surface area contributed by atoms with E-state index in [2.05, 4.69) is 10.2 Å². The van der Waals surface area contributed by atoms with E-state index in [1.54, 1.807) is 13.0 Å². The zero-order chi connectivity index (χ0) is 28.1. The van der Waals surface area contributed by atoms with Crippen LogP contribution in [0.4, 0.5) is 14.9 Å². The Morgan fingerprint density at radius 3 is 2.62 bits per heavy atom. The second kappa shape index (κ2) is 10.1. The number of nitrogens with zero attached hydrogens (tertiary/aromatic N) is 2. The first kappa shape index (κ1) is 27.5. The number of ether oxygens (including phenoxy) is 2. The zero-order valence-corrected chi connectivity index (χ0v) is 23.7. The molecule has 1 N–H and O–H groups in total. The third-order valence-corrected chi connectivity index (χ3v) is 8.54. The van der Waals surface area contributed by atoms with Crippen LogP contribution in [0, 0.1) is 24.1 Å². The topological polar surface area (TPSA) is 89.3 Å². The number of carbonyl (C=O) groups excluding carboxylic acids is 2. The van der Waals surface area contributed by atoms with Gasteiger partial charge in [0.15, 0.2) is 5.82 Å². The monoisotopic (exact) mass is 541 g/mol.